The minimum Gasteiger partial charge on any atom is -0.339 e. The monoisotopic (exact) mass is 246 g/mol. The van der Waals surface area contributed by atoms with Crippen LogP contribution in [0.4, 0.5) is 0 Å². The normalized spacial score (nSPS) is 12.6. The van der Waals surface area contributed by atoms with Crippen LogP contribution in [0.3, 0.4) is 0 Å². The molecule has 5 heteroatoms. The Morgan fingerprint density at radius 1 is 1.33 bits per heavy atom. The lowest BCUT2D eigenvalue weighted by Gasteiger charge is -2.06. The minimum atomic E-state index is 0.553. The average Bonchev–Trinajstić information content (AvgIpc) is 2.87. The second kappa shape index (κ2) is 6.26. The minimum absolute atomic E-state index is 0.553. The molecule has 0 aliphatic rings. The van der Waals surface area contributed by atoms with Crippen molar-refractivity contribution in [2.24, 2.45) is 11.7 Å². The summed E-state index contributed by atoms with van der Waals surface area (Å²) in [7, 11) is 0. The molecule has 0 spiro atoms. The van der Waals surface area contributed by atoms with Gasteiger partial charge in [0.15, 0.2) is 0 Å². The summed E-state index contributed by atoms with van der Waals surface area (Å²) >= 11 is 0. The van der Waals surface area contributed by atoms with Gasteiger partial charge in [0.05, 0.1) is 0 Å². The van der Waals surface area contributed by atoms with Crippen LogP contribution in [0.15, 0.2) is 28.9 Å². The number of pyridine rings is 1. The van der Waals surface area contributed by atoms with E-state index in [1.165, 1.54) is 0 Å². The quantitative estimate of drug-likeness (QED) is 0.844. The van der Waals surface area contributed by atoms with Crippen LogP contribution in [0.2, 0.25) is 0 Å². The molecular formula is C13H18N4O. The van der Waals surface area contributed by atoms with Crippen molar-refractivity contribution < 1.29 is 4.52 Å². The van der Waals surface area contributed by atoms with Gasteiger partial charge in [-0.25, -0.2) is 0 Å². The highest BCUT2D eigenvalue weighted by Gasteiger charge is 2.10. The molecule has 0 aliphatic carbocycles. The maximum atomic E-state index is 5.52. The van der Waals surface area contributed by atoms with Gasteiger partial charge in [-0.1, -0.05) is 18.1 Å². The SMILES string of the molecule is CC(CCN)CCc1nc(-c2ccccn2)no1. The van der Waals surface area contributed by atoms with Gasteiger partial charge in [0, 0.05) is 12.6 Å². The Morgan fingerprint density at radius 2 is 2.22 bits per heavy atom. The average molecular weight is 246 g/mol. The number of rotatable bonds is 6. The largest absolute Gasteiger partial charge is 0.339 e. The number of aromatic nitrogens is 3. The lowest BCUT2D eigenvalue weighted by molar-refractivity contribution is 0.362. The van der Waals surface area contributed by atoms with E-state index in [1.54, 1.807) is 6.20 Å². The molecule has 0 fully saturated rings. The molecule has 2 rings (SSSR count). The first-order valence-corrected chi connectivity index (χ1v) is 6.23. The van der Waals surface area contributed by atoms with Crippen LogP contribution in [-0.4, -0.2) is 21.7 Å². The topological polar surface area (TPSA) is 77.8 Å². The van der Waals surface area contributed by atoms with Crippen molar-refractivity contribution in [2.75, 3.05) is 6.54 Å². The summed E-state index contributed by atoms with van der Waals surface area (Å²) in [5.41, 5.74) is 6.26. The van der Waals surface area contributed by atoms with E-state index in [0.29, 0.717) is 17.6 Å². The fourth-order valence-electron chi connectivity index (χ4n) is 1.75. The van der Waals surface area contributed by atoms with Crippen molar-refractivity contribution in [1.29, 1.82) is 0 Å². The van der Waals surface area contributed by atoms with Crippen molar-refractivity contribution in [3.63, 3.8) is 0 Å². The van der Waals surface area contributed by atoms with Crippen molar-refractivity contribution in [3.8, 4) is 11.5 Å². The number of nitrogens with zero attached hydrogens (tertiary/aromatic N) is 3. The van der Waals surface area contributed by atoms with E-state index >= 15 is 0 Å². The molecule has 0 aromatic carbocycles. The molecule has 2 heterocycles. The van der Waals surface area contributed by atoms with Gasteiger partial charge in [-0.15, -0.1) is 0 Å². The third-order valence-corrected chi connectivity index (χ3v) is 2.87. The van der Waals surface area contributed by atoms with E-state index in [4.69, 9.17) is 10.3 Å². The zero-order valence-corrected chi connectivity index (χ0v) is 10.5. The summed E-state index contributed by atoms with van der Waals surface area (Å²) in [6, 6.07) is 5.63. The summed E-state index contributed by atoms with van der Waals surface area (Å²) in [4.78, 5) is 8.53. The fourth-order valence-corrected chi connectivity index (χ4v) is 1.75. The highest BCUT2D eigenvalue weighted by molar-refractivity contribution is 5.46. The summed E-state index contributed by atoms with van der Waals surface area (Å²) in [5, 5.41) is 3.94. The zero-order chi connectivity index (χ0) is 12.8. The van der Waals surface area contributed by atoms with Gasteiger partial charge in [0.25, 0.3) is 0 Å². The number of nitrogens with two attached hydrogens (primary N) is 1. The molecule has 2 aromatic rings. The summed E-state index contributed by atoms with van der Waals surface area (Å²) in [5.74, 6) is 1.80. The van der Waals surface area contributed by atoms with Crippen LogP contribution in [0.25, 0.3) is 11.5 Å². The third-order valence-electron chi connectivity index (χ3n) is 2.87. The third kappa shape index (κ3) is 3.37. The molecule has 0 amide bonds. The highest BCUT2D eigenvalue weighted by Crippen LogP contribution is 2.15. The Kier molecular flexibility index (Phi) is 4.41. The Morgan fingerprint density at radius 3 is 2.94 bits per heavy atom. The van der Waals surface area contributed by atoms with Crippen LogP contribution < -0.4 is 5.73 Å². The molecule has 1 atom stereocenters. The molecule has 0 bridgehead atoms. The van der Waals surface area contributed by atoms with Gasteiger partial charge >= 0.3 is 0 Å². The highest BCUT2D eigenvalue weighted by atomic mass is 16.5. The van der Waals surface area contributed by atoms with Crippen molar-refractivity contribution in [3.05, 3.63) is 30.3 Å². The molecule has 5 nitrogen and oxygen atoms in total. The number of hydrogen-bond acceptors (Lipinski definition) is 5. The van der Waals surface area contributed by atoms with E-state index in [1.807, 2.05) is 18.2 Å². The zero-order valence-electron chi connectivity index (χ0n) is 10.5. The lowest BCUT2D eigenvalue weighted by Crippen LogP contribution is -2.06. The number of hydrogen-bond donors (Lipinski definition) is 1. The van der Waals surface area contributed by atoms with Crippen LogP contribution in [0.5, 0.6) is 0 Å². The lowest BCUT2D eigenvalue weighted by atomic mass is 10.0. The maximum Gasteiger partial charge on any atom is 0.227 e. The fraction of sp³-hybridized carbons (Fsp3) is 0.462. The second-order valence-corrected chi connectivity index (χ2v) is 4.45. The predicted octanol–water partition coefficient (Wildman–Crippen LogP) is 2.05. The molecule has 0 aliphatic heterocycles. The molecule has 1 unspecified atom stereocenters. The van der Waals surface area contributed by atoms with E-state index in [9.17, 15) is 0 Å². The first-order valence-electron chi connectivity index (χ1n) is 6.23. The molecule has 96 valence electrons. The van der Waals surface area contributed by atoms with Gasteiger partial charge in [-0.05, 0) is 37.4 Å². The van der Waals surface area contributed by atoms with Crippen molar-refractivity contribution >= 4 is 0 Å². The second-order valence-electron chi connectivity index (χ2n) is 4.45. The first-order chi connectivity index (χ1) is 8.79. The molecule has 0 saturated heterocycles. The van der Waals surface area contributed by atoms with Crippen molar-refractivity contribution in [1.82, 2.24) is 15.1 Å². The smallest absolute Gasteiger partial charge is 0.227 e. The maximum absolute atomic E-state index is 5.52. The van der Waals surface area contributed by atoms with Crippen molar-refractivity contribution in [2.45, 2.75) is 26.2 Å². The molecular weight excluding hydrogens is 228 g/mol. The van der Waals surface area contributed by atoms with Crippen LogP contribution >= 0.6 is 0 Å². The summed E-state index contributed by atoms with van der Waals surface area (Å²) < 4.78 is 5.22. The van der Waals surface area contributed by atoms with E-state index < -0.39 is 0 Å². The van der Waals surface area contributed by atoms with Gasteiger partial charge in [-0.3, -0.25) is 4.98 Å². The molecule has 0 saturated carbocycles. The molecule has 18 heavy (non-hydrogen) atoms. The van der Waals surface area contributed by atoms with Gasteiger partial charge < -0.3 is 10.3 Å². The first kappa shape index (κ1) is 12.7. The molecule has 0 radical (unpaired) electrons. The Bertz CT molecular complexity index is 469. The number of aryl methyl sites for hydroxylation is 1. The summed E-state index contributed by atoms with van der Waals surface area (Å²) in [6.45, 7) is 2.91. The van der Waals surface area contributed by atoms with E-state index in [0.717, 1.165) is 31.5 Å². The van der Waals surface area contributed by atoms with Gasteiger partial charge in [-0.2, -0.15) is 4.98 Å². The van der Waals surface area contributed by atoms with Crippen LogP contribution in [-0.2, 0) is 6.42 Å². The standard InChI is InChI=1S/C13H18N4O/c1-10(7-8-14)5-6-12-16-13(17-18-12)11-4-2-3-9-15-11/h2-4,9-10H,5-8,14H2,1H3. The Labute approximate surface area is 106 Å². The van der Waals surface area contributed by atoms with Gasteiger partial charge in [0.1, 0.15) is 5.69 Å². The summed E-state index contributed by atoms with van der Waals surface area (Å²) in [6.07, 6.45) is 4.55. The predicted molar refractivity (Wildman–Crippen MR) is 68.7 cm³/mol. The van der Waals surface area contributed by atoms with Gasteiger partial charge in [0.2, 0.25) is 11.7 Å². The van der Waals surface area contributed by atoms with Crippen LogP contribution in [0, 0.1) is 5.92 Å². The van der Waals surface area contributed by atoms with Crippen LogP contribution in [0.1, 0.15) is 25.7 Å². The van der Waals surface area contributed by atoms with E-state index in [-0.39, 0.29) is 0 Å². The van der Waals surface area contributed by atoms with E-state index in [2.05, 4.69) is 22.0 Å². The Balaban J connectivity index is 1.95. The molecule has 2 aromatic heterocycles. The molecule has 2 N–H and O–H groups in total. The Hall–Kier alpha value is -1.75.